The van der Waals surface area contributed by atoms with Crippen LogP contribution in [0.25, 0.3) is 0 Å². The number of hydrogen-bond donors (Lipinski definition) is 2. The molecule has 24 heavy (non-hydrogen) atoms. The number of hydrogen-bond acceptors (Lipinski definition) is 3. The normalized spacial score (nSPS) is 25.0. The summed E-state index contributed by atoms with van der Waals surface area (Å²) in [6.07, 6.45) is 4.12. The molecule has 4 aliphatic rings. The summed E-state index contributed by atoms with van der Waals surface area (Å²) in [7, 11) is 0. The third-order valence-corrected chi connectivity index (χ3v) is 5.51. The predicted octanol–water partition coefficient (Wildman–Crippen LogP) is 3.31. The van der Waals surface area contributed by atoms with E-state index >= 15 is 0 Å². The van der Waals surface area contributed by atoms with Gasteiger partial charge >= 0.3 is 0 Å². The second-order valence-electron chi connectivity index (χ2n) is 7.18. The molecule has 2 bridgehead atoms. The Labute approximate surface area is 139 Å². The van der Waals surface area contributed by atoms with Crippen molar-refractivity contribution in [1.29, 1.82) is 0 Å². The average Bonchev–Trinajstić information content (AvgIpc) is 3.34. The zero-order chi connectivity index (χ0) is 16.3. The highest BCUT2D eigenvalue weighted by molar-refractivity contribution is 5.95. The lowest BCUT2D eigenvalue weighted by molar-refractivity contribution is 0.0929. The number of amides is 1. The van der Waals surface area contributed by atoms with Crippen molar-refractivity contribution >= 4 is 11.6 Å². The Morgan fingerprint density at radius 3 is 2.62 bits per heavy atom. The highest BCUT2D eigenvalue weighted by Gasteiger charge is 2.48. The number of rotatable bonds is 3. The summed E-state index contributed by atoms with van der Waals surface area (Å²) in [6.45, 7) is 0. The Morgan fingerprint density at radius 2 is 1.92 bits per heavy atom. The summed E-state index contributed by atoms with van der Waals surface area (Å²) >= 11 is 0. The Hall–Kier alpha value is -2.43. The van der Waals surface area contributed by atoms with Crippen molar-refractivity contribution in [1.82, 2.24) is 10.3 Å². The van der Waals surface area contributed by atoms with E-state index in [2.05, 4.69) is 16.7 Å². The Bertz CT molecular complexity index is 823. The van der Waals surface area contributed by atoms with Crippen LogP contribution in [0.2, 0.25) is 0 Å². The van der Waals surface area contributed by atoms with Crippen LogP contribution in [-0.2, 0) is 5.54 Å². The van der Waals surface area contributed by atoms with Crippen molar-refractivity contribution in [3.8, 4) is 0 Å². The van der Waals surface area contributed by atoms with Crippen molar-refractivity contribution in [2.24, 2.45) is 0 Å². The van der Waals surface area contributed by atoms with Crippen LogP contribution in [0, 0.1) is 5.82 Å². The highest BCUT2D eigenvalue weighted by Crippen LogP contribution is 2.49. The molecule has 6 rings (SSSR count). The maximum Gasteiger partial charge on any atom is 0.252 e. The Balaban J connectivity index is 1.41. The van der Waals surface area contributed by atoms with Crippen molar-refractivity contribution in [3.63, 3.8) is 0 Å². The summed E-state index contributed by atoms with van der Waals surface area (Å²) in [5, 5.41) is 6.62. The number of nitrogens with zero attached hydrogens (tertiary/aromatic N) is 1. The lowest BCUT2D eigenvalue weighted by Crippen LogP contribution is -2.41. The molecule has 5 heteroatoms. The quantitative estimate of drug-likeness (QED) is 0.911. The van der Waals surface area contributed by atoms with Gasteiger partial charge in [-0.2, -0.15) is 0 Å². The molecule has 2 aliphatic heterocycles. The third kappa shape index (κ3) is 2.11. The van der Waals surface area contributed by atoms with E-state index in [1.807, 2.05) is 6.07 Å². The summed E-state index contributed by atoms with van der Waals surface area (Å²) in [5.41, 5.74) is 3.36. The van der Waals surface area contributed by atoms with Gasteiger partial charge in [0.25, 0.3) is 5.91 Å². The van der Waals surface area contributed by atoms with Crippen LogP contribution < -0.4 is 10.6 Å². The number of carbonyl (C=O) groups is 1. The molecule has 0 saturated heterocycles. The fourth-order valence-corrected chi connectivity index (χ4v) is 3.81. The van der Waals surface area contributed by atoms with E-state index in [0.29, 0.717) is 17.5 Å². The van der Waals surface area contributed by atoms with Gasteiger partial charge in [0.05, 0.1) is 22.6 Å². The van der Waals surface area contributed by atoms with E-state index in [1.165, 1.54) is 37.1 Å². The molecule has 4 nitrogen and oxygen atoms in total. The molecule has 1 aromatic heterocycles. The van der Waals surface area contributed by atoms with Crippen LogP contribution in [0.1, 0.15) is 53.3 Å². The maximum absolute atomic E-state index is 13.0. The van der Waals surface area contributed by atoms with Crippen molar-refractivity contribution < 1.29 is 9.18 Å². The molecular weight excluding hydrogens is 305 g/mol. The second-order valence-corrected chi connectivity index (χ2v) is 7.18. The first kappa shape index (κ1) is 14.0. The van der Waals surface area contributed by atoms with Crippen molar-refractivity contribution in [2.75, 3.05) is 5.32 Å². The van der Waals surface area contributed by atoms with E-state index in [0.717, 1.165) is 29.9 Å². The van der Waals surface area contributed by atoms with E-state index < -0.39 is 0 Å². The number of pyridine rings is 1. The molecular formula is C19H18FN3O. The lowest BCUT2D eigenvalue weighted by Gasteiger charge is -2.43. The van der Waals surface area contributed by atoms with Gasteiger partial charge in [-0.3, -0.25) is 9.78 Å². The van der Waals surface area contributed by atoms with Crippen LogP contribution in [0.4, 0.5) is 10.1 Å². The van der Waals surface area contributed by atoms with E-state index in [1.54, 1.807) is 0 Å². The van der Waals surface area contributed by atoms with E-state index in [4.69, 9.17) is 4.98 Å². The fourth-order valence-electron chi connectivity index (χ4n) is 3.81. The Kier molecular flexibility index (Phi) is 2.78. The number of aromatic nitrogens is 1. The maximum atomic E-state index is 13.0. The van der Waals surface area contributed by atoms with E-state index in [-0.39, 0.29) is 17.3 Å². The number of nitrogens with one attached hydrogen (secondary N) is 2. The minimum atomic E-state index is -0.360. The summed E-state index contributed by atoms with van der Waals surface area (Å²) in [4.78, 5) is 17.4. The van der Waals surface area contributed by atoms with Gasteiger partial charge in [-0.25, -0.2) is 4.39 Å². The zero-order valence-corrected chi connectivity index (χ0v) is 13.2. The van der Waals surface area contributed by atoms with Crippen LogP contribution in [0.15, 0.2) is 36.4 Å². The number of halogens is 1. The summed E-state index contributed by atoms with van der Waals surface area (Å²) in [5.74, 6) is 0.0546. The van der Waals surface area contributed by atoms with E-state index in [9.17, 15) is 9.18 Å². The van der Waals surface area contributed by atoms with Gasteiger partial charge in [-0.05, 0) is 62.1 Å². The van der Waals surface area contributed by atoms with Crippen LogP contribution in [0.5, 0.6) is 0 Å². The van der Waals surface area contributed by atoms with Gasteiger partial charge in [0.1, 0.15) is 5.82 Å². The van der Waals surface area contributed by atoms with Gasteiger partial charge in [0, 0.05) is 17.5 Å². The van der Waals surface area contributed by atoms with Crippen LogP contribution >= 0.6 is 0 Å². The highest BCUT2D eigenvalue weighted by atomic mass is 19.1. The molecule has 0 radical (unpaired) electrons. The molecule has 2 aromatic rings. The molecule has 2 aliphatic carbocycles. The van der Waals surface area contributed by atoms with Gasteiger partial charge in [-0.15, -0.1) is 0 Å². The van der Waals surface area contributed by atoms with Crippen molar-refractivity contribution in [3.05, 3.63) is 59.2 Å². The molecule has 0 unspecified atom stereocenters. The first-order valence-corrected chi connectivity index (χ1v) is 8.49. The topological polar surface area (TPSA) is 54.0 Å². The van der Waals surface area contributed by atoms with Gasteiger partial charge < -0.3 is 10.6 Å². The second kappa shape index (κ2) is 4.79. The summed E-state index contributed by atoms with van der Waals surface area (Å²) in [6, 6.07) is 10.4. The molecule has 2 N–H and O–H groups in total. The minimum absolute atomic E-state index is 0.172. The van der Waals surface area contributed by atoms with Gasteiger partial charge in [0.2, 0.25) is 0 Å². The molecule has 2 fully saturated rings. The monoisotopic (exact) mass is 323 g/mol. The number of anilines is 1. The van der Waals surface area contributed by atoms with Gasteiger partial charge in [0.15, 0.2) is 0 Å². The first-order chi connectivity index (χ1) is 11.6. The smallest absolute Gasteiger partial charge is 0.252 e. The van der Waals surface area contributed by atoms with Crippen molar-refractivity contribution in [2.45, 2.75) is 43.2 Å². The number of benzene rings is 1. The molecule has 1 aromatic carbocycles. The zero-order valence-electron chi connectivity index (χ0n) is 13.2. The predicted molar refractivity (Wildman–Crippen MR) is 88.4 cm³/mol. The van der Waals surface area contributed by atoms with Gasteiger partial charge in [-0.1, -0.05) is 0 Å². The SMILES string of the molecule is O=C(NC1(c2ccc3c(n2)C2CC(C2)N3)CC1)c1ccc(F)cc1. The summed E-state index contributed by atoms with van der Waals surface area (Å²) < 4.78 is 13.0. The minimum Gasteiger partial charge on any atom is -0.381 e. The first-order valence-electron chi connectivity index (χ1n) is 8.49. The lowest BCUT2D eigenvalue weighted by atomic mass is 9.74. The molecule has 122 valence electrons. The third-order valence-electron chi connectivity index (χ3n) is 5.51. The molecule has 0 spiro atoms. The largest absolute Gasteiger partial charge is 0.381 e. The molecule has 0 atom stereocenters. The molecule has 1 amide bonds. The molecule has 3 heterocycles. The van der Waals surface area contributed by atoms with Crippen LogP contribution in [-0.4, -0.2) is 16.9 Å². The Morgan fingerprint density at radius 1 is 1.17 bits per heavy atom. The standard InChI is InChI=1S/C19H18FN3O/c20-13-3-1-11(2-4-13)18(24)23-19(7-8-19)16-6-5-15-17(22-16)12-9-14(10-12)21-15/h1-6,12,14,21H,7-10H2,(H,23,24). The number of carbonyl (C=O) groups excluding carboxylic acids is 1. The fraction of sp³-hybridized carbons (Fsp3) is 0.368. The average molecular weight is 323 g/mol. The molecule has 2 saturated carbocycles. The van der Waals surface area contributed by atoms with Crippen LogP contribution in [0.3, 0.4) is 0 Å².